The number of hydrogen-bond donors (Lipinski definition) is 1. The van der Waals surface area contributed by atoms with Crippen molar-refractivity contribution in [1.82, 2.24) is 4.98 Å². The number of carbonyl (C=O) groups is 1. The molecule has 0 aliphatic carbocycles. The van der Waals surface area contributed by atoms with Gasteiger partial charge in [-0.1, -0.05) is 0 Å². The van der Waals surface area contributed by atoms with Gasteiger partial charge in [0.2, 0.25) is 0 Å². The molecule has 2 heterocycles. The molecule has 1 aliphatic rings. The number of nitro benzene ring substituents is 1. The Hall–Kier alpha value is -3.68. The van der Waals surface area contributed by atoms with E-state index >= 15 is 0 Å². The lowest BCUT2D eigenvalue weighted by Gasteiger charge is -2.26. The summed E-state index contributed by atoms with van der Waals surface area (Å²) >= 11 is 0. The SMILES string of the molecule is CN1C(=O)COc2ccc(Nc3ccc([N+](=O)[O-])c4cccnc34)cc21. The largest absolute Gasteiger partial charge is 0.482 e. The van der Waals surface area contributed by atoms with Gasteiger partial charge in [0.05, 0.1) is 21.7 Å². The first-order chi connectivity index (χ1) is 12.5. The van der Waals surface area contributed by atoms with E-state index in [-0.39, 0.29) is 18.2 Å². The molecule has 0 fully saturated rings. The average Bonchev–Trinajstić information content (AvgIpc) is 2.65. The van der Waals surface area contributed by atoms with Gasteiger partial charge >= 0.3 is 0 Å². The molecule has 0 saturated carbocycles. The van der Waals surface area contributed by atoms with Crippen molar-refractivity contribution in [2.24, 2.45) is 0 Å². The second kappa shape index (κ2) is 5.99. The quantitative estimate of drug-likeness (QED) is 0.575. The summed E-state index contributed by atoms with van der Waals surface area (Å²) in [6, 6.07) is 11.8. The summed E-state index contributed by atoms with van der Waals surface area (Å²) in [7, 11) is 1.69. The third-order valence-corrected chi connectivity index (χ3v) is 4.27. The van der Waals surface area contributed by atoms with Crippen molar-refractivity contribution < 1.29 is 14.5 Å². The maximum atomic E-state index is 11.8. The Morgan fingerprint density at radius 3 is 2.92 bits per heavy atom. The maximum absolute atomic E-state index is 11.8. The number of likely N-dealkylation sites (N-methyl/N-ethyl adjacent to an activating group) is 1. The number of nitro groups is 1. The van der Waals surface area contributed by atoms with Gasteiger partial charge in [-0.25, -0.2) is 0 Å². The Morgan fingerprint density at radius 1 is 1.27 bits per heavy atom. The van der Waals surface area contributed by atoms with Crippen LogP contribution in [0.3, 0.4) is 0 Å². The van der Waals surface area contributed by atoms with Gasteiger partial charge in [-0.3, -0.25) is 19.9 Å². The lowest BCUT2D eigenvalue weighted by atomic mass is 10.1. The molecule has 1 amide bonds. The summed E-state index contributed by atoms with van der Waals surface area (Å²) in [4.78, 5) is 28.4. The van der Waals surface area contributed by atoms with Gasteiger partial charge in [-0.15, -0.1) is 0 Å². The van der Waals surface area contributed by atoms with E-state index in [0.717, 1.165) is 5.69 Å². The van der Waals surface area contributed by atoms with E-state index in [1.165, 1.54) is 11.0 Å². The lowest BCUT2D eigenvalue weighted by Crippen LogP contribution is -2.35. The van der Waals surface area contributed by atoms with Crippen molar-refractivity contribution in [3.8, 4) is 5.75 Å². The van der Waals surface area contributed by atoms with Crippen LogP contribution in [0.1, 0.15) is 0 Å². The molecule has 130 valence electrons. The van der Waals surface area contributed by atoms with Crippen LogP contribution in [0.25, 0.3) is 10.9 Å². The summed E-state index contributed by atoms with van der Waals surface area (Å²) in [5, 5.41) is 14.9. The number of nitrogens with zero attached hydrogens (tertiary/aromatic N) is 3. The number of nitrogens with one attached hydrogen (secondary N) is 1. The van der Waals surface area contributed by atoms with Gasteiger partial charge < -0.3 is 15.0 Å². The van der Waals surface area contributed by atoms with E-state index in [2.05, 4.69) is 10.3 Å². The monoisotopic (exact) mass is 350 g/mol. The highest BCUT2D eigenvalue weighted by Crippen LogP contribution is 2.36. The Kier molecular flexibility index (Phi) is 3.65. The normalized spacial score (nSPS) is 13.3. The molecule has 8 heteroatoms. The van der Waals surface area contributed by atoms with Crippen LogP contribution in [0, 0.1) is 10.1 Å². The smallest absolute Gasteiger partial charge is 0.278 e. The van der Waals surface area contributed by atoms with Gasteiger partial charge in [-0.05, 0) is 36.4 Å². The third kappa shape index (κ3) is 2.57. The highest BCUT2D eigenvalue weighted by Gasteiger charge is 2.22. The topological polar surface area (TPSA) is 97.6 Å². The standard InChI is InChI=1S/C18H14N4O4/c1-21-15-9-11(4-7-16(15)26-10-17(21)23)20-13-5-6-14(22(24)25)12-3-2-8-19-18(12)13/h2-9,20H,10H2,1H3. The molecule has 0 unspecified atom stereocenters. The number of hydrogen-bond acceptors (Lipinski definition) is 6. The third-order valence-electron chi connectivity index (χ3n) is 4.27. The van der Waals surface area contributed by atoms with Gasteiger partial charge in [0, 0.05) is 25.0 Å². The number of aromatic nitrogens is 1. The fraction of sp³-hybridized carbons (Fsp3) is 0.111. The maximum Gasteiger partial charge on any atom is 0.278 e. The fourth-order valence-corrected chi connectivity index (χ4v) is 2.92. The lowest BCUT2D eigenvalue weighted by molar-refractivity contribution is -0.383. The van der Waals surface area contributed by atoms with Crippen LogP contribution >= 0.6 is 0 Å². The Labute approximate surface area is 148 Å². The number of rotatable bonds is 3. The van der Waals surface area contributed by atoms with Crippen LogP contribution in [-0.2, 0) is 4.79 Å². The minimum atomic E-state index is -0.426. The first-order valence-electron chi connectivity index (χ1n) is 7.87. The number of ether oxygens (including phenoxy) is 1. The molecule has 3 aromatic rings. The second-order valence-electron chi connectivity index (χ2n) is 5.84. The van der Waals surface area contributed by atoms with Crippen LogP contribution < -0.4 is 15.0 Å². The van der Waals surface area contributed by atoms with Crippen LogP contribution in [0.15, 0.2) is 48.7 Å². The zero-order valence-electron chi connectivity index (χ0n) is 13.8. The van der Waals surface area contributed by atoms with Crippen molar-refractivity contribution in [2.75, 3.05) is 23.9 Å². The van der Waals surface area contributed by atoms with E-state index in [1.807, 2.05) is 6.07 Å². The average molecular weight is 350 g/mol. The van der Waals surface area contributed by atoms with Crippen LogP contribution in [-0.4, -0.2) is 29.5 Å². The molecule has 0 radical (unpaired) electrons. The van der Waals surface area contributed by atoms with Gasteiger partial charge in [0.25, 0.3) is 11.6 Å². The zero-order valence-corrected chi connectivity index (χ0v) is 13.8. The Morgan fingerprint density at radius 2 is 2.12 bits per heavy atom. The van der Waals surface area contributed by atoms with Crippen LogP contribution in [0.5, 0.6) is 5.75 Å². The molecule has 26 heavy (non-hydrogen) atoms. The summed E-state index contributed by atoms with van der Waals surface area (Å²) in [5.74, 6) is 0.501. The molecule has 4 rings (SSSR count). The number of pyridine rings is 1. The second-order valence-corrected chi connectivity index (χ2v) is 5.84. The summed E-state index contributed by atoms with van der Waals surface area (Å²) in [6.07, 6.45) is 1.59. The number of fused-ring (bicyclic) bond motifs is 2. The highest BCUT2D eigenvalue weighted by molar-refractivity contribution is 6.00. The van der Waals surface area contributed by atoms with Crippen molar-refractivity contribution in [3.05, 3.63) is 58.8 Å². The van der Waals surface area contributed by atoms with Crippen LogP contribution in [0.2, 0.25) is 0 Å². The predicted octanol–water partition coefficient (Wildman–Crippen LogP) is 3.24. The fourth-order valence-electron chi connectivity index (χ4n) is 2.92. The molecule has 0 saturated heterocycles. The van der Waals surface area contributed by atoms with Crippen molar-refractivity contribution in [1.29, 1.82) is 0 Å². The summed E-state index contributed by atoms with van der Waals surface area (Å²) < 4.78 is 5.42. The first kappa shape index (κ1) is 15.8. The molecule has 0 bridgehead atoms. The summed E-state index contributed by atoms with van der Waals surface area (Å²) in [6.45, 7) is 0.0210. The van der Waals surface area contributed by atoms with E-state index in [1.54, 1.807) is 43.6 Å². The minimum absolute atomic E-state index is 0.00261. The van der Waals surface area contributed by atoms with E-state index < -0.39 is 4.92 Å². The number of carbonyl (C=O) groups excluding carboxylic acids is 1. The molecule has 1 aromatic heterocycles. The molecular formula is C18H14N4O4. The van der Waals surface area contributed by atoms with Gasteiger partial charge in [0.1, 0.15) is 11.3 Å². The number of non-ortho nitro benzene ring substituents is 1. The molecule has 1 N–H and O–H groups in total. The number of anilines is 3. The van der Waals surface area contributed by atoms with E-state index in [4.69, 9.17) is 4.74 Å². The van der Waals surface area contributed by atoms with Crippen molar-refractivity contribution in [3.63, 3.8) is 0 Å². The molecule has 0 atom stereocenters. The Bertz CT molecular complexity index is 1050. The first-order valence-corrected chi connectivity index (χ1v) is 7.87. The highest BCUT2D eigenvalue weighted by atomic mass is 16.6. The predicted molar refractivity (Wildman–Crippen MR) is 97.0 cm³/mol. The van der Waals surface area contributed by atoms with E-state index in [0.29, 0.717) is 28.0 Å². The van der Waals surface area contributed by atoms with Gasteiger partial charge in [0.15, 0.2) is 6.61 Å². The Balaban J connectivity index is 1.76. The van der Waals surface area contributed by atoms with Crippen LogP contribution in [0.4, 0.5) is 22.7 Å². The molecule has 8 nitrogen and oxygen atoms in total. The molecule has 2 aromatic carbocycles. The molecule has 0 spiro atoms. The molecule has 1 aliphatic heterocycles. The zero-order chi connectivity index (χ0) is 18.3. The molecular weight excluding hydrogens is 336 g/mol. The minimum Gasteiger partial charge on any atom is -0.482 e. The van der Waals surface area contributed by atoms with Crippen molar-refractivity contribution >= 4 is 39.6 Å². The van der Waals surface area contributed by atoms with Crippen molar-refractivity contribution in [2.45, 2.75) is 0 Å². The van der Waals surface area contributed by atoms with E-state index in [9.17, 15) is 14.9 Å². The number of benzene rings is 2. The summed E-state index contributed by atoms with van der Waals surface area (Å²) in [5.41, 5.74) is 2.51. The van der Waals surface area contributed by atoms with Gasteiger partial charge in [-0.2, -0.15) is 0 Å². The number of amides is 1.